The number of rotatable bonds is 17. The molecule has 6 N–H and O–H groups in total. The first-order chi connectivity index (χ1) is 13.5. The number of carbonyl (C=O) groups is 2. The molecular formula is C20H40N6O2. The quantitative estimate of drug-likeness (QED) is 0.163. The Bertz CT molecular complexity index is 447. The minimum Gasteiger partial charge on any atom is -0.350 e. The van der Waals surface area contributed by atoms with E-state index >= 15 is 0 Å². The fourth-order valence-corrected chi connectivity index (χ4v) is 2.87. The van der Waals surface area contributed by atoms with Crippen LogP contribution < -0.4 is 22.3 Å². The molecule has 0 aliphatic rings. The van der Waals surface area contributed by atoms with Crippen molar-refractivity contribution in [2.75, 3.05) is 0 Å². The maximum atomic E-state index is 10.8. The maximum absolute atomic E-state index is 10.8. The van der Waals surface area contributed by atoms with Crippen molar-refractivity contribution in [2.45, 2.75) is 104 Å². The number of hydrogen-bond acceptors (Lipinski definition) is 4. The van der Waals surface area contributed by atoms with E-state index in [4.69, 9.17) is 11.5 Å². The summed E-state index contributed by atoms with van der Waals surface area (Å²) >= 11 is 0. The third-order valence-corrected chi connectivity index (χ3v) is 4.47. The molecule has 28 heavy (non-hydrogen) atoms. The number of nitrogens with one attached hydrogen (secondary N) is 2. The largest absolute Gasteiger partial charge is 0.350 e. The van der Waals surface area contributed by atoms with Crippen molar-refractivity contribution >= 4 is 23.5 Å². The third kappa shape index (κ3) is 17.3. The molecule has 0 aliphatic carbocycles. The van der Waals surface area contributed by atoms with Crippen molar-refractivity contribution in [1.82, 2.24) is 10.9 Å². The minimum absolute atomic E-state index is 0.609. The Morgan fingerprint density at radius 3 is 1.25 bits per heavy atom. The summed E-state index contributed by atoms with van der Waals surface area (Å²) in [4.78, 5) is 21.6. The second-order valence-corrected chi connectivity index (χ2v) is 7.14. The summed E-state index contributed by atoms with van der Waals surface area (Å²) in [6.45, 7) is 4.28. The molecule has 0 radical (unpaired) electrons. The van der Waals surface area contributed by atoms with Crippen molar-refractivity contribution in [3.8, 4) is 0 Å². The normalized spacial score (nSPS) is 12.1. The van der Waals surface area contributed by atoms with Gasteiger partial charge in [-0.1, -0.05) is 52.4 Å². The molecule has 0 spiro atoms. The van der Waals surface area contributed by atoms with Crippen molar-refractivity contribution in [3.05, 3.63) is 0 Å². The zero-order valence-corrected chi connectivity index (χ0v) is 17.8. The molecule has 0 saturated heterocycles. The standard InChI is InChI=1S/C20H40N6O2/c1-3-5-13-17(23-25-19(21)27)15-11-9-7-8-10-12-16-18(14-6-4-2)24-26-20(22)28/h3-16H2,1-2H3,(H3,21,25,27)(H3,22,26,28)/b23-17-,24-18+. The molecule has 0 atom stereocenters. The Balaban J connectivity index is 3.95. The maximum Gasteiger partial charge on any atom is 0.332 e. The number of unbranched alkanes of at least 4 members (excludes halogenated alkanes) is 7. The fraction of sp³-hybridized carbons (Fsp3) is 0.800. The van der Waals surface area contributed by atoms with E-state index in [-0.39, 0.29) is 0 Å². The summed E-state index contributed by atoms with van der Waals surface area (Å²) in [5, 5.41) is 8.24. The lowest BCUT2D eigenvalue weighted by molar-refractivity contribution is 0.248. The van der Waals surface area contributed by atoms with Gasteiger partial charge in [-0.2, -0.15) is 10.2 Å². The van der Waals surface area contributed by atoms with Crippen LogP contribution in [0.3, 0.4) is 0 Å². The van der Waals surface area contributed by atoms with Gasteiger partial charge in [0, 0.05) is 11.4 Å². The molecule has 0 heterocycles. The van der Waals surface area contributed by atoms with Crippen molar-refractivity contribution in [2.24, 2.45) is 21.7 Å². The van der Waals surface area contributed by atoms with Gasteiger partial charge in [0.25, 0.3) is 0 Å². The molecule has 0 rings (SSSR count). The zero-order valence-electron chi connectivity index (χ0n) is 17.8. The molecule has 4 amide bonds. The van der Waals surface area contributed by atoms with Crippen LogP contribution in [0.2, 0.25) is 0 Å². The van der Waals surface area contributed by atoms with Gasteiger partial charge in [-0.05, 0) is 51.4 Å². The molecule has 0 aromatic rings. The topological polar surface area (TPSA) is 135 Å². The van der Waals surface area contributed by atoms with Crippen LogP contribution >= 0.6 is 0 Å². The highest BCUT2D eigenvalue weighted by atomic mass is 16.2. The summed E-state index contributed by atoms with van der Waals surface area (Å²) in [5.41, 5.74) is 16.9. The van der Waals surface area contributed by atoms with Crippen LogP contribution in [0, 0.1) is 0 Å². The number of urea groups is 2. The molecule has 0 aromatic carbocycles. The molecule has 0 saturated carbocycles. The number of hydrogen-bond donors (Lipinski definition) is 4. The number of amides is 4. The third-order valence-electron chi connectivity index (χ3n) is 4.47. The van der Waals surface area contributed by atoms with E-state index in [0.29, 0.717) is 0 Å². The van der Waals surface area contributed by atoms with E-state index in [1.165, 1.54) is 12.8 Å². The first-order valence-corrected chi connectivity index (χ1v) is 10.7. The second-order valence-electron chi connectivity index (χ2n) is 7.14. The number of carbonyl (C=O) groups excluding carboxylic acids is 2. The van der Waals surface area contributed by atoms with E-state index in [1.54, 1.807) is 0 Å². The summed E-state index contributed by atoms with van der Waals surface area (Å²) in [6.07, 6.45) is 14.8. The summed E-state index contributed by atoms with van der Waals surface area (Å²) in [7, 11) is 0. The van der Waals surface area contributed by atoms with Crippen LogP contribution in [0.5, 0.6) is 0 Å². The first kappa shape index (κ1) is 25.9. The molecule has 0 aromatic heterocycles. The van der Waals surface area contributed by atoms with Gasteiger partial charge in [-0.25, -0.2) is 20.4 Å². The molecular weight excluding hydrogens is 356 g/mol. The minimum atomic E-state index is -0.609. The predicted molar refractivity (Wildman–Crippen MR) is 116 cm³/mol. The van der Waals surface area contributed by atoms with Crippen molar-refractivity contribution in [1.29, 1.82) is 0 Å². The Hall–Kier alpha value is -2.12. The highest BCUT2D eigenvalue weighted by Crippen LogP contribution is 2.12. The highest BCUT2D eigenvalue weighted by Gasteiger charge is 2.03. The molecule has 8 heteroatoms. The van der Waals surface area contributed by atoms with E-state index < -0.39 is 12.1 Å². The van der Waals surface area contributed by atoms with Crippen LogP contribution in [0.1, 0.15) is 104 Å². The van der Waals surface area contributed by atoms with Crippen LogP contribution in [0.15, 0.2) is 10.2 Å². The molecule has 162 valence electrons. The lowest BCUT2D eigenvalue weighted by Crippen LogP contribution is -2.25. The first-order valence-electron chi connectivity index (χ1n) is 10.7. The average Bonchev–Trinajstić information content (AvgIpc) is 2.66. The summed E-state index contributed by atoms with van der Waals surface area (Å²) in [6, 6.07) is -1.22. The molecule has 0 bridgehead atoms. The van der Waals surface area contributed by atoms with E-state index in [0.717, 1.165) is 88.5 Å². The Morgan fingerprint density at radius 1 is 0.607 bits per heavy atom. The van der Waals surface area contributed by atoms with Gasteiger partial charge in [0.05, 0.1) is 0 Å². The van der Waals surface area contributed by atoms with Crippen LogP contribution in [-0.4, -0.2) is 23.5 Å². The number of primary amides is 2. The SMILES string of the molecule is CCCC/C(CCCCCCCC/C(CCCC)=N/NC(N)=O)=N/NC(N)=O. The Morgan fingerprint density at radius 2 is 0.929 bits per heavy atom. The molecule has 8 nitrogen and oxygen atoms in total. The lowest BCUT2D eigenvalue weighted by atomic mass is 10.0. The van der Waals surface area contributed by atoms with Gasteiger partial charge in [-0.3, -0.25) is 0 Å². The van der Waals surface area contributed by atoms with E-state index in [2.05, 4.69) is 34.9 Å². The van der Waals surface area contributed by atoms with E-state index in [1.807, 2.05) is 0 Å². The lowest BCUT2D eigenvalue weighted by Gasteiger charge is -2.07. The molecule has 0 unspecified atom stereocenters. The number of hydrazone groups is 2. The van der Waals surface area contributed by atoms with Gasteiger partial charge in [0.1, 0.15) is 0 Å². The predicted octanol–water partition coefficient (Wildman–Crippen LogP) is 4.54. The summed E-state index contributed by atoms with van der Waals surface area (Å²) in [5.74, 6) is 0. The van der Waals surface area contributed by atoms with Crippen LogP contribution in [0.4, 0.5) is 9.59 Å². The molecule has 0 fully saturated rings. The summed E-state index contributed by atoms with van der Waals surface area (Å²) < 4.78 is 0. The van der Waals surface area contributed by atoms with Gasteiger partial charge in [0.15, 0.2) is 0 Å². The number of nitrogens with two attached hydrogens (primary N) is 2. The highest BCUT2D eigenvalue weighted by molar-refractivity contribution is 5.86. The van der Waals surface area contributed by atoms with Crippen LogP contribution in [0.25, 0.3) is 0 Å². The Labute approximate surface area is 170 Å². The van der Waals surface area contributed by atoms with E-state index in [9.17, 15) is 9.59 Å². The average molecular weight is 397 g/mol. The Kier molecular flexibility index (Phi) is 16.9. The molecule has 0 aliphatic heterocycles. The van der Waals surface area contributed by atoms with Gasteiger partial charge in [-0.15, -0.1) is 0 Å². The van der Waals surface area contributed by atoms with Gasteiger partial charge in [0.2, 0.25) is 0 Å². The number of nitrogens with zero attached hydrogens (tertiary/aromatic N) is 2. The zero-order chi connectivity index (χ0) is 21.0. The van der Waals surface area contributed by atoms with Gasteiger partial charge >= 0.3 is 12.1 Å². The smallest absolute Gasteiger partial charge is 0.332 e. The van der Waals surface area contributed by atoms with Gasteiger partial charge < -0.3 is 11.5 Å². The van der Waals surface area contributed by atoms with Crippen molar-refractivity contribution in [3.63, 3.8) is 0 Å². The fourth-order valence-electron chi connectivity index (χ4n) is 2.87. The van der Waals surface area contributed by atoms with Crippen LogP contribution in [-0.2, 0) is 0 Å². The van der Waals surface area contributed by atoms with Crippen molar-refractivity contribution < 1.29 is 9.59 Å². The monoisotopic (exact) mass is 396 g/mol. The second kappa shape index (κ2) is 18.3.